The lowest BCUT2D eigenvalue weighted by Crippen LogP contribution is -2.27. The summed E-state index contributed by atoms with van der Waals surface area (Å²) in [4.78, 5) is 12.6. The van der Waals surface area contributed by atoms with Crippen molar-refractivity contribution in [3.63, 3.8) is 0 Å². The molecule has 0 aliphatic rings. The summed E-state index contributed by atoms with van der Waals surface area (Å²) >= 11 is 0. The first-order chi connectivity index (χ1) is 13.2. The molecule has 0 saturated carbocycles. The Morgan fingerprint density at radius 3 is 2.46 bits per heavy atom. The van der Waals surface area contributed by atoms with Gasteiger partial charge in [-0.25, -0.2) is 8.42 Å². The highest BCUT2D eigenvalue weighted by atomic mass is 32.2. The molecule has 7 heteroatoms. The fraction of sp³-hybridized carbons (Fsp3) is 0.381. The van der Waals surface area contributed by atoms with Crippen molar-refractivity contribution in [2.75, 3.05) is 10.5 Å². The molecule has 0 aliphatic carbocycles. The molecular weight excluding hydrogens is 376 g/mol. The summed E-state index contributed by atoms with van der Waals surface area (Å²) in [5.41, 5.74) is 1.69. The van der Waals surface area contributed by atoms with E-state index in [1.165, 1.54) is 6.07 Å². The maximum Gasteiger partial charge on any atom is 0.251 e. The minimum Gasteiger partial charge on any atom is -0.491 e. The summed E-state index contributed by atoms with van der Waals surface area (Å²) in [5, 5.41) is 2.94. The van der Waals surface area contributed by atoms with E-state index in [2.05, 4.69) is 10.0 Å². The topological polar surface area (TPSA) is 84.5 Å². The molecule has 2 rings (SSSR count). The van der Waals surface area contributed by atoms with Crippen LogP contribution in [0.4, 0.5) is 5.69 Å². The van der Waals surface area contributed by atoms with E-state index in [0.29, 0.717) is 17.7 Å². The zero-order valence-electron chi connectivity index (χ0n) is 16.7. The van der Waals surface area contributed by atoms with E-state index >= 15 is 0 Å². The number of rotatable bonds is 9. The van der Waals surface area contributed by atoms with E-state index in [1.807, 2.05) is 45.0 Å². The van der Waals surface area contributed by atoms with Crippen LogP contribution >= 0.6 is 0 Å². The molecule has 28 heavy (non-hydrogen) atoms. The number of carbonyl (C=O) groups excluding carboxylic acids is 1. The number of carbonyl (C=O) groups is 1. The van der Waals surface area contributed by atoms with Crippen LogP contribution in [0.3, 0.4) is 0 Å². The Kier molecular flexibility index (Phi) is 7.45. The van der Waals surface area contributed by atoms with Gasteiger partial charge >= 0.3 is 0 Å². The third-order valence-corrected chi connectivity index (χ3v) is 5.44. The van der Waals surface area contributed by atoms with E-state index < -0.39 is 10.0 Å². The van der Waals surface area contributed by atoms with Crippen LogP contribution in [0.2, 0.25) is 0 Å². The first kappa shape index (κ1) is 21.8. The van der Waals surface area contributed by atoms with Crippen LogP contribution in [0.5, 0.6) is 5.75 Å². The summed E-state index contributed by atoms with van der Waals surface area (Å²) in [6.45, 7) is 7.60. The van der Waals surface area contributed by atoms with Gasteiger partial charge in [0.1, 0.15) is 5.75 Å². The predicted molar refractivity (Wildman–Crippen MR) is 112 cm³/mol. The summed E-state index contributed by atoms with van der Waals surface area (Å²) in [5.74, 6) is 0.509. The fourth-order valence-corrected chi connectivity index (χ4v) is 3.84. The maximum atomic E-state index is 12.6. The molecule has 0 aromatic heterocycles. The highest BCUT2D eigenvalue weighted by Crippen LogP contribution is 2.21. The van der Waals surface area contributed by atoms with Crippen molar-refractivity contribution < 1.29 is 17.9 Å². The zero-order valence-corrected chi connectivity index (χ0v) is 17.5. The molecule has 6 nitrogen and oxygen atoms in total. The summed E-state index contributed by atoms with van der Waals surface area (Å²) in [7, 11) is -3.40. The molecule has 0 bridgehead atoms. The number of nitrogens with one attached hydrogen (secondary N) is 2. The molecule has 1 unspecified atom stereocenters. The summed E-state index contributed by atoms with van der Waals surface area (Å²) in [6.07, 6.45) is 0.589. The van der Waals surface area contributed by atoms with Gasteiger partial charge in [0.05, 0.1) is 17.9 Å². The van der Waals surface area contributed by atoms with Gasteiger partial charge in [-0.1, -0.05) is 25.1 Å². The van der Waals surface area contributed by atoms with Gasteiger partial charge in [-0.15, -0.1) is 0 Å². The van der Waals surface area contributed by atoms with Crippen molar-refractivity contribution >= 4 is 21.6 Å². The Morgan fingerprint density at radius 2 is 1.79 bits per heavy atom. The molecule has 0 aliphatic heterocycles. The van der Waals surface area contributed by atoms with Crippen LogP contribution < -0.4 is 14.8 Å². The molecule has 0 radical (unpaired) electrons. The van der Waals surface area contributed by atoms with E-state index in [4.69, 9.17) is 4.74 Å². The van der Waals surface area contributed by atoms with E-state index in [9.17, 15) is 13.2 Å². The van der Waals surface area contributed by atoms with Crippen molar-refractivity contribution in [3.8, 4) is 5.75 Å². The molecule has 2 N–H and O–H groups in total. The molecule has 1 amide bonds. The number of benzene rings is 2. The van der Waals surface area contributed by atoms with Crippen LogP contribution in [0.1, 0.15) is 56.1 Å². The Balaban J connectivity index is 2.09. The van der Waals surface area contributed by atoms with Crippen LogP contribution in [-0.4, -0.2) is 26.2 Å². The van der Waals surface area contributed by atoms with Crippen molar-refractivity contribution in [3.05, 3.63) is 59.7 Å². The largest absolute Gasteiger partial charge is 0.491 e. The summed E-state index contributed by atoms with van der Waals surface area (Å²) in [6, 6.07) is 13.8. The Bertz CT molecular complexity index is 910. The van der Waals surface area contributed by atoms with Crippen molar-refractivity contribution in [2.24, 2.45) is 0 Å². The predicted octanol–water partition coefficient (Wildman–Crippen LogP) is 4.12. The molecule has 1 atom stereocenters. The quantitative estimate of drug-likeness (QED) is 0.658. The summed E-state index contributed by atoms with van der Waals surface area (Å²) < 4.78 is 32.1. The standard InChI is InChI=1S/C21H28N2O4S/c1-5-12-28(25,26)23-19-10-6-9-18(13-19)21(24)22-16(4)17-8-7-11-20(14-17)27-15(2)3/h6-11,13-16,23H,5,12H2,1-4H3,(H,22,24). The Hall–Kier alpha value is -2.54. The first-order valence-corrected chi connectivity index (χ1v) is 11.0. The molecule has 0 fully saturated rings. The zero-order chi connectivity index (χ0) is 20.7. The minimum atomic E-state index is -3.40. The normalized spacial score (nSPS) is 12.5. The molecular formula is C21H28N2O4S. The van der Waals surface area contributed by atoms with E-state index in [0.717, 1.165) is 11.3 Å². The van der Waals surface area contributed by atoms with E-state index in [-0.39, 0.29) is 23.8 Å². The third kappa shape index (κ3) is 6.56. The molecule has 0 heterocycles. The number of amides is 1. The lowest BCUT2D eigenvalue weighted by atomic mass is 10.1. The monoisotopic (exact) mass is 404 g/mol. The molecule has 152 valence electrons. The Labute approximate surface area is 167 Å². The van der Waals surface area contributed by atoms with Gasteiger partial charge in [0.15, 0.2) is 0 Å². The highest BCUT2D eigenvalue weighted by molar-refractivity contribution is 7.92. The Morgan fingerprint density at radius 1 is 1.07 bits per heavy atom. The smallest absolute Gasteiger partial charge is 0.251 e. The van der Waals surface area contributed by atoms with Crippen LogP contribution in [0, 0.1) is 0 Å². The van der Waals surface area contributed by atoms with Gasteiger partial charge in [-0.05, 0) is 63.1 Å². The van der Waals surface area contributed by atoms with Crippen LogP contribution in [0.25, 0.3) is 0 Å². The van der Waals surface area contributed by atoms with Gasteiger partial charge < -0.3 is 10.1 Å². The van der Waals surface area contributed by atoms with Gasteiger partial charge in [0.2, 0.25) is 10.0 Å². The lowest BCUT2D eigenvalue weighted by Gasteiger charge is -2.17. The minimum absolute atomic E-state index is 0.0370. The van der Waals surface area contributed by atoms with Crippen LogP contribution in [0.15, 0.2) is 48.5 Å². The number of sulfonamides is 1. The van der Waals surface area contributed by atoms with Gasteiger partial charge in [0.25, 0.3) is 5.91 Å². The second-order valence-electron chi connectivity index (χ2n) is 6.94. The highest BCUT2D eigenvalue weighted by Gasteiger charge is 2.14. The fourth-order valence-electron chi connectivity index (χ4n) is 2.72. The molecule has 2 aromatic carbocycles. The van der Waals surface area contributed by atoms with Gasteiger partial charge in [-0.3, -0.25) is 9.52 Å². The molecule has 0 spiro atoms. The van der Waals surface area contributed by atoms with Gasteiger partial charge in [0, 0.05) is 11.3 Å². The number of ether oxygens (including phenoxy) is 1. The average Bonchev–Trinajstić information content (AvgIpc) is 2.61. The average molecular weight is 405 g/mol. The van der Waals surface area contributed by atoms with Crippen LogP contribution in [-0.2, 0) is 10.0 Å². The third-order valence-electron chi connectivity index (χ3n) is 3.95. The second-order valence-corrected chi connectivity index (χ2v) is 8.78. The SMILES string of the molecule is CCCS(=O)(=O)Nc1cccc(C(=O)NC(C)c2cccc(OC(C)C)c2)c1. The number of anilines is 1. The number of hydrogen-bond donors (Lipinski definition) is 2. The van der Waals surface area contributed by atoms with Gasteiger partial charge in [-0.2, -0.15) is 0 Å². The van der Waals surface area contributed by atoms with E-state index in [1.54, 1.807) is 25.1 Å². The lowest BCUT2D eigenvalue weighted by molar-refractivity contribution is 0.0939. The van der Waals surface area contributed by atoms with Crippen molar-refractivity contribution in [1.29, 1.82) is 0 Å². The second kappa shape index (κ2) is 9.59. The van der Waals surface area contributed by atoms with Crippen molar-refractivity contribution in [2.45, 2.75) is 46.3 Å². The first-order valence-electron chi connectivity index (χ1n) is 9.38. The molecule has 0 saturated heterocycles. The number of hydrogen-bond acceptors (Lipinski definition) is 4. The van der Waals surface area contributed by atoms with Crippen molar-refractivity contribution in [1.82, 2.24) is 5.32 Å². The molecule has 2 aromatic rings. The maximum absolute atomic E-state index is 12.6.